The molecule has 1 aliphatic heterocycles. The highest BCUT2D eigenvalue weighted by atomic mass is 16.2. The molecule has 0 radical (unpaired) electrons. The third-order valence-corrected chi connectivity index (χ3v) is 4.07. The van der Waals surface area contributed by atoms with Crippen molar-refractivity contribution >= 4 is 11.7 Å². The van der Waals surface area contributed by atoms with Crippen LogP contribution >= 0.6 is 0 Å². The maximum absolute atomic E-state index is 11.9. The number of aromatic nitrogens is 2. The van der Waals surface area contributed by atoms with Crippen LogP contribution in [0.3, 0.4) is 0 Å². The van der Waals surface area contributed by atoms with Gasteiger partial charge in [0, 0.05) is 31.2 Å². The summed E-state index contributed by atoms with van der Waals surface area (Å²) in [7, 11) is 0. The first kappa shape index (κ1) is 13.3. The number of carbonyl (C=O) groups excluding carboxylic acids is 1. The lowest BCUT2D eigenvalue weighted by molar-refractivity contribution is -0.123. The first-order valence-electron chi connectivity index (χ1n) is 7.49. The van der Waals surface area contributed by atoms with Crippen molar-refractivity contribution < 1.29 is 4.79 Å². The first-order chi connectivity index (χ1) is 9.63. The van der Waals surface area contributed by atoms with Crippen LogP contribution < -0.4 is 10.2 Å². The van der Waals surface area contributed by atoms with E-state index in [4.69, 9.17) is 0 Å². The summed E-state index contributed by atoms with van der Waals surface area (Å²) in [6.07, 6.45) is 6.07. The molecule has 2 aliphatic rings. The molecule has 1 saturated carbocycles. The number of hydrogen-bond donors (Lipinski definition) is 1. The molecule has 1 aromatic rings. The molecule has 1 saturated heterocycles. The fourth-order valence-corrected chi connectivity index (χ4v) is 2.78. The fourth-order valence-electron chi connectivity index (χ4n) is 2.78. The highest BCUT2D eigenvalue weighted by Gasteiger charge is 2.32. The van der Waals surface area contributed by atoms with Crippen molar-refractivity contribution in [2.24, 2.45) is 5.92 Å². The van der Waals surface area contributed by atoms with Gasteiger partial charge in [-0.05, 0) is 39.5 Å². The molecule has 20 heavy (non-hydrogen) atoms. The number of amides is 1. The van der Waals surface area contributed by atoms with E-state index in [0.29, 0.717) is 0 Å². The predicted molar refractivity (Wildman–Crippen MR) is 77.6 cm³/mol. The van der Waals surface area contributed by atoms with Gasteiger partial charge in [0.1, 0.15) is 5.82 Å². The van der Waals surface area contributed by atoms with Crippen LogP contribution in [0.4, 0.5) is 5.82 Å². The SMILES string of the molecule is Cc1cnc(C)c(N2CCCC(NC(=O)C3CC3)C2)n1. The van der Waals surface area contributed by atoms with Gasteiger partial charge in [0.25, 0.3) is 0 Å². The second-order valence-corrected chi connectivity index (χ2v) is 5.99. The quantitative estimate of drug-likeness (QED) is 0.909. The summed E-state index contributed by atoms with van der Waals surface area (Å²) in [5.41, 5.74) is 1.90. The minimum Gasteiger partial charge on any atom is -0.353 e. The third kappa shape index (κ3) is 2.92. The second-order valence-electron chi connectivity index (χ2n) is 5.99. The molecular weight excluding hydrogens is 252 g/mol. The minimum absolute atomic E-state index is 0.240. The van der Waals surface area contributed by atoms with Crippen molar-refractivity contribution in [2.45, 2.75) is 45.6 Å². The highest BCUT2D eigenvalue weighted by molar-refractivity contribution is 5.81. The molecule has 2 fully saturated rings. The van der Waals surface area contributed by atoms with Gasteiger partial charge in [-0.3, -0.25) is 9.78 Å². The second kappa shape index (κ2) is 5.38. The number of nitrogens with one attached hydrogen (secondary N) is 1. The zero-order valence-corrected chi connectivity index (χ0v) is 12.2. The largest absolute Gasteiger partial charge is 0.353 e. The summed E-state index contributed by atoms with van der Waals surface area (Å²) < 4.78 is 0. The molecule has 5 heteroatoms. The van der Waals surface area contributed by atoms with Crippen LogP contribution in [0.25, 0.3) is 0 Å². The molecule has 0 spiro atoms. The van der Waals surface area contributed by atoms with Gasteiger partial charge in [-0.15, -0.1) is 0 Å². The van der Waals surface area contributed by atoms with Gasteiger partial charge in [0.05, 0.1) is 11.4 Å². The van der Waals surface area contributed by atoms with E-state index in [2.05, 4.69) is 20.2 Å². The van der Waals surface area contributed by atoms with Gasteiger partial charge in [0.2, 0.25) is 5.91 Å². The Bertz CT molecular complexity index is 513. The highest BCUT2D eigenvalue weighted by Crippen LogP contribution is 2.29. The molecule has 2 heterocycles. The van der Waals surface area contributed by atoms with E-state index in [9.17, 15) is 4.79 Å². The molecule has 1 N–H and O–H groups in total. The molecule has 5 nitrogen and oxygen atoms in total. The summed E-state index contributed by atoms with van der Waals surface area (Å²) in [6, 6.07) is 0.249. The van der Waals surface area contributed by atoms with Gasteiger partial charge in [-0.1, -0.05) is 0 Å². The average molecular weight is 274 g/mol. The number of hydrogen-bond acceptors (Lipinski definition) is 4. The van der Waals surface area contributed by atoms with E-state index in [1.54, 1.807) is 6.20 Å². The van der Waals surface area contributed by atoms with Crippen molar-refractivity contribution in [3.05, 3.63) is 17.6 Å². The zero-order valence-electron chi connectivity index (χ0n) is 12.2. The van der Waals surface area contributed by atoms with E-state index < -0.39 is 0 Å². The number of rotatable bonds is 3. The molecule has 0 bridgehead atoms. The van der Waals surface area contributed by atoms with Crippen LogP contribution in [0.5, 0.6) is 0 Å². The Morgan fingerprint density at radius 1 is 1.35 bits per heavy atom. The Morgan fingerprint density at radius 3 is 2.90 bits per heavy atom. The molecule has 1 amide bonds. The molecule has 1 unspecified atom stereocenters. The van der Waals surface area contributed by atoms with Crippen LogP contribution in [0.15, 0.2) is 6.20 Å². The number of aryl methyl sites for hydroxylation is 2. The Morgan fingerprint density at radius 2 is 2.15 bits per heavy atom. The van der Waals surface area contributed by atoms with E-state index in [0.717, 1.165) is 56.0 Å². The van der Waals surface area contributed by atoms with Gasteiger partial charge in [-0.25, -0.2) is 4.98 Å². The molecule has 1 aliphatic carbocycles. The number of piperidine rings is 1. The minimum atomic E-state index is 0.240. The molecule has 108 valence electrons. The van der Waals surface area contributed by atoms with Crippen molar-refractivity contribution in [3.8, 4) is 0 Å². The summed E-state index contributed by atoms with van der Waals surface area (Å²) in [4.78, 5) is 23.1. The average Bonchev–Trinajstić information content (AvgIpc) is 3.26. The topological polar surface area (TPSA) is 58.1 Å². The van der Waals surface area contributed by atoms with Gasteiger partial charge in [-0.2, -0.15) is 0 Å². The Hall–Kier alpha value is -1.65. The monoisotopic (exact) mass is 274 g/mol. The standard InChI is InChI=1S/C15H22N4O/c1-10-8-16-11(2)14(17-10)19-7-3-4-13(9-19)18-15(20)12-5-6-12/h8,12-13H,3-7,9H2,1-2H3,(H,18,20). The maximum Gasteiger partial charge on any atom is 0.223 e. The number of anilines is 1. The van der Waals surface area contributed by atoms with Crippen LogP contribution in [0.1, 0.15) is 37.1 Å². The summed E-state index contributed by atoms with van der Waals surface area (Å²) in [5.74, 6) is 1.49. The van der Waals surface area contributed by atoms with Gasteiger partial charge < -0.3 is 10.2 Å². The van der Waals surface area contributed by atoms with E-state index >= 15 is 0 Å². The number of carbonyl (C=O) groups is 1. The van der Waals surface area contributed by atoms with Crippen LogP contribution in [0.2, 0.25) is 0 Å². The lowest BCUT2D eigenvalue weighted by Crippen LogP contribution is -2.48. The van der Waals surface area contributed by atoms with Crippen LogP contribution in [-0.4, -0.2) is 35.0 Å². The molecule has 3 rings (SSSR count). The number of nitrogens with zero attached hydrogens (tertiary/aromatic N) is 3. The molecule has 1 atom stereocenters. The summed E-state index contributed by atoms with van der Waals surface area (Å²) in [6.45, 7) is 5.80. The Balaban J connectivity index is 1.67. The fraction of sp³-hybridized carbons (Fsp3) is 0.667. The van der Waals surface area contributed by atoms with E-state index in [1.807, 2.05) is 13.8 Å². The van der Waals surface area contributed by atoms with Crippen molar-refractivity contribution in [2.75, 3.05) is 18.0 Å². The van der Waals surface area contributed by atoms with E-state index in [1.165, 1.54) is 0 Å². The molecular formula is C15H22N4O. The zero-order chi connectivity index (χ0) is 14.1. The van der Waals surface area contributed by atoms with Gasteiger partial charge in [0.15, 0.2) is 0 Å². The Kier molecular flexibility index (Phi) is 3.59. The lowest BCUT2D eigenvalue weighted by atomic mass is 10.1. The van der Waals surface area contributed by atoms with Crippen LogP contribution in [-0.2, 0) is 4.79 Å². The smallest absolute Gasteiger partial charge is 0.223 e. The lowest BCUT2D eigenvalue weighted by Gasteiger charge is -2.34. The molecule has 1 aromatic heterocycles. The van der Waals surface area contributed by atoms with E-state index in [-0.39, 0.29) is 17.9 Å². The normalized spacial score (nSPS) is 22.7. The Labute approximate surface area is 119 Å². The van der Waals surface area contributed by atoms with Crippen LogP contribution in [0, 0.1) is 19.8 Å². The summed E-state index contributed by atoms with van der Waals surface area (Å²) >= 11 is 0. The predicted octanol–water partition coefficient (Wildman–Crippen LogP) is 1.59. The van der Waals surface area contributed by atoms with Crippen molar-refractivity contribution in [3.63, 3.8) is 0 Å². The van der Waals surface area contributed by atoms with Crippen molar-refractivity contribution in [1.29, 1.82) is 0 Å². The maximum atomic E-state index is 11.9. The van der Waals surface area contributed by atoms with Crippen molar-refractivity contribution in [1.82, 2.24) is 15.3 Å². The van der Waals surface area contributed by atoms with Gasteiger partial charge >= 0.3 is 0 Å². The molecule has 0 aromatic carbocycles. The first-order valence-corrected chi connectivity index (χ1v) is 7.49. The third-order valence-electron chi connectivity index (χ3n) is 4.07. The summed E-state index contributed by atoms with van der Waals surface area (Å²) in [5, 5.41) is 3.19.